The van der Waals surface area contributed by atoms with E-state index in [4.69, 9.17) is 18.9 Å². The van der Waals surface area contributed by atoms with Crippen molar-refractivity contribution in [3.8, 4) is 45.5 Å². The van der Waals surface area contributed by atoms with Gasteiger partial charge in [0, 0.05) is 64.1 Å². The zero-order chi connectivity index (χ0) is 29.5. The smallest absolute Gasteiger partial charge is 0.236 e. The summed E-state index contributed by atoms with van der Waals surface area (Å²) in [4.78, 5) is 22.1. The molecule has 2 aromatic carbocycles. The van der Waals surface area contributed by atoms with Crippen molar-refractivity contribution in [1.29, 1.82) is 0 Å². The number of aromatic nitrogens is 6. The van der Waals surface area contributed by atoms with Crippen molar-refractivity contribution >= 4 is 23.2 Å². The first-order valence-corrected chi connectivity index (χ1v) is 13.8. The molecule has 2 aliphatic rings. The zero-order valence-corrected chi connectivity index (χ0v) is 24.3. The van der Waals surface area contributed by atoms with Crippen molar-refractivity contribution in [1.82, 2.24) is 28.7 Å². The van der Waals surface area contributed by atoms with Gasteiger partial charge in [-0.25, -0.2) is 9.97 Å². The standard InChI is InChI=1S/C16H16N4O2.C15H14N4O2/c1-19(2)15-5-6-20-10-12(17-16(20)18-15)11-3-4-13-14(9-11)22-8-7-21-13;1-18(2)14-5-6-19-8-11(16-15(19)17-14)10-3-4-12-13(7-10)21-9-20-12/h3-6,9-10H,7-8H2,1-2H3;3-8H,9H2,1-2H3. The van der Waals surface area contributed by atoms with Crippen LogP contribution in [0.4, 0.5) is 11.6 Å². The van der Waals surface area contributed by atoms with Gasteiger partial charge in [0.2, 0.25) is 18.3 Å². The maximum atomic E-state index is 5.63. The molecule has 218 valence electrons. The molecule has 0 saturated heterocycles. The molecule has 0 bridgehead atoms. The third-order valence-electron chi connectivity index (χ3n) is 7.05. The fourth-order valence-corrected chi connectivity index (χ4v) is 4.76. The van der Waals surface area contributed by atoms with Crippen LogP contribution in [0.15, 0.2) is 73.3 Å². The predicted molar refractivity (Wildman–Crippen MR) is 163 cm³/mol. The number of ether oxygens (including phenoxy) is 4. The van der Waals surface area contributed by atoms with Gasteiger partial charge < -0.3 is 28.7 Å². The van der Waals surface area contributed by atoms with Gasteiger partial charge in [-0.1, -0.05) is 0 Å². The number of anilines is 2. The van der Waals surface area contributed by atoms with E-state index in [1.807, 2.05) is 120 Å². The first-order chi connectivity index (χ1) is 20.9. The number of hydrogen-bond acceptors (Lipinski definition) is 10. The Bertz CT molecular complexity index is 1950. The van der Waals surface area contributed by atoms with Crippen LogP contribution in [-0.2, 0) is 0 Å². The minimum absolute atomic E-state index is 0.275. The largest absolute Gasteiger partial charge is 0.486 e. The Balaban J connectivity index is 0.000000140. The summed E-state index contributed by atoms with van der Waals surface area (Å²) in [5.74, 6) is 6.19. The van der Waals surface area contributed by atoms with Gasteiger partial charge in [0.25, 0.3) is 0 Å². The maximum absolute atomic E-state index is 5.63. The second kappa shape index (κ2) is 10.7. The lowest BCUT2D eigenvalue weighted by Crippen LogP contribution is -2.15. The third kappa shape index (κ3) is 5.18. The second-order valence-electron chi connectivity index (χ2n) is 10.5. The van der Waals surface area contributed by atoms with Crippen molar-refractivity contribution < 1.29 is 18.9 Å². The van der Waals surface area contributed by atoms with Crippen molar-refractivity contribution in [3.05, 3.63) is 73.3 Å². The first-order valence-electron chi connectivity index (χ1n) is 13.8. The van der Waals surface area contributed by atoms with Crippen LogP contribution >= 0.6 is 0 Å². The first kappa shape index (κ1) is 26.4. The highest BCUT2D eigenvalue weighted by molar-refractivity contribution is 5.67. The minimum atomic E-state index is 0.275. The lowest BCUT2D eigenvalue weighted by Gasteiger charge is -2.18. The van der Waals surface area contributed by atoms with Gasteiger partial charge in [0.15, 0.2) is 23.0 Å². The molecule has 0 radical (unpaired) electrons. The van der Waals surface area contributed by atoms with Crippen LogP contribution in [0.3, 0.4) is 0 Å². The molecule has 4 aromatic heterocycles. The Labute approximate surface area is 247 Å². The summed E-state index contributed by atoms with van der Waals surface area (Å²) in [6.45, 7) is 1.45. The number of nitrogens with zero attached hydrogens (tertiary/aromatic N) is 8. The predicted octanol–water partition coefficient (Wildman–Crippen LogP) is 4.42. The van der Waals surface area contributed by atoms with Gasteiger partial charge in [-0.05, 0) is 48.5 Å². The lowest BCUT2D eigenvalue weighted by atomic mass is 10.1. The number of benzene rings is 2. The molecule has 0 fully saturated rings. The summed E-state index contributed by atoms with van der Waals surface area (Å²) in [6, 6.07) is 15.6. The normalized spacial score (nSPS) is 13.1. The van der Waals surface area contributed by atoms with Crippen LogP contribution < -0.4 is 28.7 Å². The van der Waals surface area contributed by atoms with Crippen molar-refractivity contribution in [2.45, 2.75) is 0 Å². The molecule has 12 heteroatoms. The summed E-state index contributed by atoms with van der Waals surface area (Å²) in [5, 5.41) is 0. The molecule has 0 unspecified atom stereocenters. The fourth-order valence-electron chi connectivity index (χ4n) is 4.76. The van der Waals surface area contributed by atoms with Crippen LogP contribution in [0.1, 0.15) is 0 Å². The van der Waals surface area contributed by atoms with E-state index >= 15 is 0 Å². The number of hydrogen-bond donors (Lipinski definition) is 0. The third-order valence-corrected chi connectivity index (χ3v) is 7.05. The Kier molecular flexibility index (Phi) is 6.57. The number of fused-ring (bicyclic) bond motifs is 4. The van der Waals surface area contributed by atoms with E-state index in [0.29, 0.717) is 24.8 Å². The van der Waals surface area contributed by atoms with Gasteiger partial charge >= 0.3 is 0 Å². The molecule has 12 nitrogen and oxygen atoms in total. The molecule has 0 aliphatic carbocycles. The van der Waals surface area contributed by atoms with Gasteiger partial charge in [0.05, 0.1) is 11.4 Å². The van der Waals surface area contributed by atoms with Crippen LogP contribution in [0.5, 0.6) is 23.0 Å². The molecule has 43 heavy (non-hydrogen) atoms. The van der Waals surface area contributed by atoms with E-state index in [1.54, 1.807) is 0 Å². The highest BCUT2D eigenvalue weighted by Gasteiger charge is 2.16. The summed E-state index contributed by atoms with van der Waals surface area (Å²) in [5.41, 5.74) is 3.69. The molecular formula is C31H30N8O4. The number of imidazole rings is 2. The number of rotatable bonds is 4. The molecule has 0 saturated carbocycles. The van der Waals surface area contributed by atoms with Gasteiger partial charge in [-0.2, -0.15) is 9.97 Å². The Morgan fingerprint density at radius 3 is 1.56 bits per heavy atom. The summed E-state index contributed by atoms with van der Waals surface area (Å²) < 4.78 is 25.7. The lowest BCUT2D eigenvalue weighted by molar-refractivity contribution is 0.171. The summed E-state index contributed by atoms with van der Waals surface area (Å²) in [7, 11) is 7.84. The van der Waals surface area contributed by atoms with Crippen molar-refractivity contribution in [3.63, 3.8) is 0 Å². The SMILES string of the molecule is CN(C)c1ccn2cc(-c3ccc4c(c3)OCCO4)nc2n1.CN(C)c1ccn2cc(-c3ccc4c(c3)OCO4)nc2n1. The monoisotopic (exact) mass is 578 g/mol. The Morgan fingerprint density at radius 1 is 0.558 bits per heavy atom. The van der Waals surface area contributed by atoms with Crippen LogP contribution in [0.25, 0.3) is 34.1 Å². The average molecular weight is 579 g/mol. The molecule has 0 N–H and O–H groups in total. The van der Waals surface area contributed by atoms with E-state index in [1.165, 1.54) is 0 Å². The van der Waals surface area contributed by atoms with Crippen molar-refractivity contribution in [2.75, 3.05) is 58.0 Å². The van der Waals surface area contributed by atoms with Crippen LogP contribution in [-0.4, -0.2) is 76.9 Å². The highest BCUT2D eigenvalue weighted by Crippen LogP contribution is 2.36. The van der Waals surface area contributed by atoms with E-state index in [2.05, 4.69) is 19.9 Å². The highest BCUT2D eigenvalue weighted by atomic mass is 16.7. The Morgan fingerprint density at radius 2 is 1.02 bits per heavy atom. The van der Waals surface area contributed by atoms with E-state index in [9.17, 15) is 0 Å². The van der Waals surface area contributed by atoms with Crippen molar-refractivity contribution in [2.24, 2.45) is 0 Å². The minimum Gasteiger partial charge on any atom is -0.486 e. The molecule has 0 amide bonds. The molecule has 6 aromatic rings. The fraction of sp³-hybridized carbons (Fsp3) is 0.226. The topological polar surface area (TPSA) is 104 Å². The summed E-state index contributed by atoms with van der Waals surface area (Å²) in [6.07, 6.45) is 7.85. The van der Waals surface area contributed by atoms with E-state index in [0.717, 1.165) is 57.1 Å². The van der Waals surface area contributed by atoms with E-state index < -0.39 is 0 Å². The van der Waals surface area contributed by atoms with Crippen LogP contribution in [0, 0.1) is 0 Å². The maximum Gasteiger partial charge on any atom is 0.236 e. The average Bonchev–Trinajstić information content (AvgIpc) is 3.78. The van der Waals surface area contributed by atoms with Gasteiger partial charge in [-0.15, -0.1) is 0 Å². The molecule has 0 atom stereocenters. The summed E-state index contributed by atoms with van der Waals surface area (Å²) >= 11 is 0. The van der Waals surface area contributed by atoms with E-state index in [-0.39, 0.29) is 6.79 Å². The molecule has 2 aliphatic heterocycles. The molecule has 8 rings (SSSR count). The quantitative estimate of drug-likeness (QED) is 0.299. The Hall–Kier alpha value is -5.52. The van der Waals surface area contributed by atoms with Crippen LogP contribution in [0.2, 0.25) is 0 Å². The molecule has 6 heterocycles. The molecule has 0 spiro atoms. The van der Waals surface area contributed by atoms with Gasteiger partial charge in [-0.3, -0.25) is 8.80 Å². The second-order valence-corrected chi connectivity index (χ2v) is 10.5. The molecular weight excluding hydrogens is 548 g/mol. The van der Waals surface area contributed by atoms with Gasteiger partial charge in [0.1, 0.15) is 24.8 Å². The zero-order valence-electron chi connectivity index (χ0n) is 24.3.